The lowest BCUT2D eigenvalue weighted by molar-refractivity contribution is -0.236. The first kappa shape index (κ1) is 29.5. The van der Waals surface area contributed by atoms with Crippen molar-refractivity contribution in [2.24, 2.45) is 11.8 Å². The molecule has 7 nitrogen and oxygen atoms in total. The van der Waals surface area contributed by atoms with Crippen molar-refractivity contribution < 1.29 is 32.0 Å². The van der Waals surface area contributed by atoms with Crippen LogP contribution in [0.5, 0.6) is 0 Å². The van der Waals surface area contributed by atoms with Crippen molar-refractivity contribution in [1.82, 2.24) is 15.2 Å². The van der Waals surface area contributed by atoms with Crippen LogP contribution >= 0.6 is 0 Å². The molecule has 214 valence electrons. The lowest BCUT2D eigenvalue weighted by atomic mass is 9.95. The summed E-state index contributed by atoms with van der Waals surface area (Å²) in [5.74, 6) is 3.48. The van der Waals surface area contributed by atoms with Crippen LogP contribution in [0.4, 0.5) is 13.2 Å². The smallest absolute Gasteiger partial charge is 0.394 e. The third-order valence-corrected chi connectivity index (χ3v) is 8.71. The van der Waals surface area contributed by atoms with E-state index in [4.69, 9.17) is 4.74 Å². The highest BCUT2D eigenvalue weighted by Crippen LogP contribution is 2.40. The number of aliphatic hydroxyl groups excluding tert-OH is 1. The third-order valence-electron chi connectivity index (χ3n) is 7.44. The number of amides is 1. The van der Waals surface area contributed by atoms with Crippen molar-refractivity contribution in [3.63, 3.8) is 0 Å². The molecular formula is C28H36F3N3O4S. The molecule has 39 heavy (non-hydrogen) atoms. The molecule has 0 bridgehead atoms. The molecule has 0 radical (unpaired) electrons. The number of hydrogen-bond acceptors (Lipinski definition) is 6. The summed E-state index contributed by atoms with van der Waals surface area (Å²) in [6, 6.07) is 7.91. The van der Waals surface area contributed by atoms with Gasteiger partial charge in [-0.15, -0.1) is 0 Å². The zero-order chi connectivity index (χ0) is 28.5. The summed E-state index contributed by atoms with van der Waals surface area (Å²) in [6.45, 7) is 5.03. The molecule has 1 aromatic carbocycles. The summed E-state index contributed by atoms with van der Waals surface area (Å²) in [5, 5.41) is 12.8. The number of benzene rings is 1. The number of halogens is 3. The highest BCUT2D eigenvalue weighted by Gasteiger charge is 2.44. The Balaban J connectivity index is 1.44. The van der Waals surface area contributed by atoms with Gasteiger partial charge in [0.05, 0.1) is 36.6 Å². The van der Waals surface area contributed by atoms with Crippen LogP contribution in [-0.2, 0) is 20.8 Å². The Morgan fingerprint density at radius 1 is 1.28 bits per heavy atom. The van der Waals surface area contributed by atoms with Gasteiger partial charge in [-0.3, -0.25) is 18.9 Å². The quantitative estimate of drug-likeness (QED) is 0.467. The van der Waals surface area contributed by atoms with E-state index in [0.717, 1.165) is 11.3 Å². The predicted molar refractivity (Wildman–Crippen MR) is 144 cm³/mol. The minimum Gasteiger partial charge on any atom is -0.394 e. The number of fused-ring (bicyclic) bond motifs is 1. The molecule has 11 heteroatoms. The number of alkyl halides is 3. The molecule has 2 N–H and O–H groups in total. The van der Waals surface area contributed by atoms with Gasteiger partial charge in [-0.1, -0.05) is 26.0 Å². The number of nitrogens with one attached hydrogen (secondary N) is 1. The second-order valence-corrected chi connectivity index (χ2v) is 13.5. The van der Waals surface area contributed by atoms with Gasteiger partial charge >= 0.3 is 6.18 Å². The van der Waals surface area contributed by atoms with Gasteiger partial charge < -0.3 is 15.2 Å². The van der Waals surface area contributed by atoms with E-state index in [0.29, 0.717) is 35.5 Å². The standard InChI is InChI=1S/C28H36F3N3O4S/c1-17(2)26-25-21(14-34(26)13-18-5-10-24(38-16-18)28(29,30)31)11-20(12-32-25)27(36)33-23(15-35)19-6-8-22(9-7-19)39(3,4)37/h6-9,11-12,17-18,23-24,26,35H,3,5,10,13-16H2,1-2,4H3,(H,33,36)/t18-,23+,24+,26+,39?/m1/s1. The van der Waals surface area contributed by atoms with E-state index in [2.05, 4.69) is 34.9 Å². The minimum atomic E-state index is -4.33. The molecule has 2 aliphatic rings. The molecule has 2 aliphatic heterocycles. The van der Waals surface area contributed by atoms with Crippen LogP contribution in [0.25, 0.3) is 0 Å². The maximum Gasteiger partial charge on any atom is 0.414 e. The highest BCUT2D eigenvalue weighted by molar-refractivity contribution is 7.99. The molecule has 1 amide bonds. The van der Waals surface area contributed by atoms with E-state index in [-0.39, 0.29) is 43.4 Å². The molecule has 1 saturated heterocycles. The van der Waals surface area contributed by atoms with Crippen molar-refractivity contribution >= 4 is 21.3 Å². The maximum absolute atomic E-state index is 13.1. The van der Waals surface area contributed by atoms with Gasteiger partial charge in [0.15, 0.2) is 6.10 Å². The molecule has 1 aromatic heterocycles. The molecule has 0 spiro atoms. The summed E-state index contributed by atoms with van der Waals surface area (Å²) >= 11 is 0. The number of carbonyl (C=O) groups excluding carboxylic acids is 1. The Bertz CT molecular complexity index is 1270. The van der Waals surface area contributed by atoms with Crippen molar-refractivity contribution in [3.8, 4) is 0 Å². The summed E-state index contributed by atoms with van der Waals surface area (Å²) in [6.07, 6.45) is -2.55. The van der Waals surface area contributed by atoms with Crippen molar-refractivity contribution in [2.75, 3.05) is 26.0 Å². The Hall–Kier alpha value is -2.47. The predicted octanol–water partition coefficient (Wildman–Crippen LogP) is 4.12. The van der Waals surface area contributed by atoms with Gasteiger partial charge in [0.2, 0.25) is 0 Å². The SMILES string of the molecule is C=S(C)(=O)c1ccc([C@H](CO)NC(=O)c2cnc3c(c2)CN(C[C@H]2CC[C@@H](C(F)(F)F)OC2)[C@H]3C(C)C)cc1. The number of nitrogens with zero attached hydrogens (tertiary/aromatic N) is 2. The van der Waals surface area contributed by atoms with Crippen LogP contribution in [0.1, 0.15) is 66.0 Å². The Labute approximate surface area is 227 Å². The van der Waals surface area contributed by atoms with Crippen LogP contribution in [0.2, 0.25) is 0 Å². The Morgan fingerprint density at radius 3 is 2.51 bits per heavy atom. The molecule has 1 unspecified atom stereocenters. The number of pyridine rings is 1. The van der Waals surface area contributed by atoms with Crippen LogP contribution in [0.15, 0.2) is 41.4 Å². The summed E-state index contributed by atoms with van der Waals surface area (Å²) in [4.78, 5) is 20.5. The first-order chi connectivity index (χ1) is 18.3. The van der Waals surface area contributed by atoms with Gasteiger partial charge in [0.1, 0.15) is 0 Å². The summed E-state index contributed by atoms with van der Waals surface area (Å²) < 4.78 is 56.2. The van der Waals surface area contributed by atoms with Crippen LogP contribution < -0.4 is 5.32 Å². The van der Waals surface area contributed by atoms with E-state index < -0.39 is 27.8 Å². The molecule has 1 fully saturated rings. The minimum absolute atomic E-state index is 0.0109. The fraction of sp³-hybridized carbons (Fsp3) is 0.536. The van der Waals surface area contributed by atoms with E-state index >= 15 is 0 Å². The fourth-order valence-electron chi connectivity index (χ4n) is 5.45. The van der Waals surface area contributed by atoms with Gasteiger partial charge in [-0.2, -0.15) is 13.2 Å². The van der Waals surface area contributed by atoms with Gasteiger partial charge in [-0.25, -0.2) is 0 Å². The second-order valence-electron chi connectivity index (χ2n) is 11.0. The second kappa shape index (κ2) is 11.6. The number of rotatable bonds is 8. The van der Waals surface area contributed by atoms with Gasteiger partial charge in [0, 0.05) is 30.4 Å². The molecule has 0 aliphatic carbocycles. The van der Waals surface area contributed by atoms with Gasteiger partial charge in [-0.05, 0) is 69.4 Å². The average molecular weight is 568 g/mol. The first-order valence-corrected chi connectivity index (χ1v) is 15.2. The molecule has 2 aromatic rings. The van der Waals surface area contributed by atoms with Crippen molar-refractivity contribution in [2.45, 2.75) is 62.5 Å². The number of ether oxygens (including phenoxy) is 1. The third kappa shape index (κ3) is 6.82. The van der Waals surface area contributed by atoms with E-state index in [1.54, 1.807) is 36.6 Å². The topological polar surface area (TPSA) is 91.8 Å². The summed E-state index contributed by atoms with van der Waals surface area (Å²) in [5.41, 5.74) is 2.80. The van der Waals surface area contributed by atoms with Crippen LogP contribution in [0.3, 0.4) is 0 Å². The fourth-order valence-corrected chi connectivity index (χ4v) is 6.16. The number of aromatic nitrogens is 1. The number of hydrogen-bond donors (Lipinski definition) is 2. The van der Waals surface area contributed by atoms with Crippen LogP contribution in [-0.4, -0.2) is 69.3 Å². The number of aliphatic hydroxyl groups is 1. The molecule has 5 atom stereocenters. The van der Waals surface area contributed by atoms with Crippen molar-refractivity contribution in [1.29, 1.82) is 0 Å². The molecule has 4 rings (SSSR count). The van der Waals surface area contributed by atoms with Crippen LogP contribution in [0, 0.1) is 11.8 Å². The van der Waals surface area contributed by atoms with E-state index in [1.807, 2.05) is 0 Å². The Morgan fingerprint density at radius 2 is 1.97 bits per heavy atom. The van der Waals surface area contributed by atoms with E-state index in [1.165, 1.54) is 6.20 Å². The summed E-state index contributed by atoms with van der Waals surface area (Å²) in [7, 11) is -2.37. The largest absolute Gasteiger partial charge is 0.414 e. The first-order valence-electron chi connectivity index (χ1n) is 13.0. The molecule has 3 heterocycles. The Kier molecular flexibility index (Phi) is 8.75. The van der Waals surface area contributed by atoms with Crippen molar-refractivity contribution in [3.05, 3.63) is 58.9 Å². The van der Waals surface area contributed by atoms with E-state index in [9.17, 15) is 27.3 Å². The average Bonchev–Trinajstić information content (AvgIpc) is 3.23. The lowest BCUT2D eigenvalue weighted by Gasteiger charge is -2.35. The maximum atomic E-state index is 13.1. The zero-order valence-corrected chi connectivity index (χ0v) is 23.2. The highest BCUT2D eigenvalue weighted by atomic mass is 32.2. The zero-order valence-electron chi connectivity index (χ0n) is 22.4. The number of carbonyl (C=O) groups is 1. The lowest BCUT2D eigenvalue weighted by Crippen LogP contribution is -2.41. The normalized spacial score (nSPS) is 24.3. The molecular weight excluding hydrogens is 531 g/mol. The monoisotopic (exact) mass is 567 g/mol. The molecule has 0 saturated carbocycles. The van der Waals surface area contributed by atoms with Gasteiger partial charge in [0.25, 0.3) is 5.91 Å².